The van der Waals surface area contributed by atoms with E-state index in [0.717, 1.165) is 22.0 Å². The molecule has 0 saturated heterocycles. The van der Waals surface area contributed by atoms with E-state index in [4.69, 9.17) is 23.2 Å². The maximum absolute atomic E-state index is 12.8. The summed E-state index contributed by atoms with van der Waals surface area (Å²) in [4.78, 5) is 15.9. The molecule has 1 aliphatic rings. The van der Waals surface area contributed by atoms with E-state index in [1.807, 2.05) is 24.3 Å². The molecular weight excluding hydrogens is 421 g/mol. The topological polar surface area (TPSA) is 91.1 Å². The molecule has 1 amide bonds. The third kappa shape index (κ3) is 3.75. The zero-order valence-corrected chi connectivity index (χ0v) is 16.9. The lowest BCUT2D eigenvalue weighted by Gasteiger charge is -2.22. The summed E-state index contributed by atoms with van der Waals surface area (Å²) in [5, 5.41) is 3.80. The van der Waals surface area contributed by atoms with Crippen LogP contribution in [0.4, 0.5) is 0 Å². The highest BCUT2D eigenvalue weighted by Gasteiger charge is 2.36. The Balaban J connectivity index is 1.60. The number of benzene rings is 2. The average Bonchev–Trinajstić information content (AvgIpc) is 3.23. The van der Waals surface area contributed by atoms with E-state index in [-0.39, 0.29) is 5.91 Å². The number of sulfonamides is 1. The van der Waals surface area contributed by atoms with Gasteiger partial charge in [0.25, 0.3) is 5.91 Å². The maximum atomic E-state index is 12.8. The largest absolute Gasteiger partial charge is 0.351 e. The number of H-pyrrole nitrogens is 1. The summed E-state index contributed by atoms with van der Waals surface area (Å²) in [6.07, 6.45) is 0.517. The minimum absolute atomic E-state index is 0.319. The van der Waals surface area contributed by atoms with Gasteiger partial charge in [-0.25, -0.2) is 13.1 Å². The van der Waals surface area contributed by atoms with E-state index in [2.05, 4.69) is 15.0 Å². The van der Waals surface area contributed by atoms with E-state index in [1.54, 1.807) is 24.3 Å². The van der Waals surface area contributed by atoms with Crippen LogP contribution >= 0.6 is 23.2 Å². The van der Waals surface area contributed by atoms with Crippen molar-refractivity contribution in [3.05, 3.63) is 70.4 Å². The number of halogens is 2. The van der Waals surface area contributed by atoms with Gasteiger partial charge >= 0.3 is 0 Å². The highest BCUT2D eigenvalue weighted by atomic mass is 35.5. The lowest BCUT2D eigenvalue weighted by atomic mass is 10.1. The summed E-state index contributed by atoms with van der Waals surface area (Å²) < 4.78 is 26.7. The number of aromatic amines is 1. The predicted octanol–water partition coefficient (Wildman–Crippen LogP) is 3.33. The van der Waals surface area contributed by atoms with Crippen LogP contribution in [-0.4, -0.2) is 30.6 Å². The number of alkyl halides is 1. The van der Waals surface area contributed by atoms with Gasteiger partial charge in [-0.15, -0.1) is 11.6 Å². The molecule has 0 aliphatic heterocycles. The summed E-state index contributed by atoms with van der Waals surface area (Å²) in [5.74, 6) is -0.319. The Morgan fingerprint density at radius 2 is 1.96 bits per heavy atom. The van der Waals surface area contributed by atoms with Gasteiger partial charge in [0.1, 0.15) is 10.9 Å². The molecule has 4 rings (SSSR count). The van der Waals surface area contributed by atoms with Crippen LogP contribution < -0.4 is 10.0 Å². The first-order valence-electron chi connectivity index (χ1n) is 8.59. The van der Waals surface area contributed by atoms with Crippen molar-refractivity contribution in [2.24, 2.45) is 0 Å². The van der Waals surface area contributed by atoms with Crippen LogP contribution in [0.15, 0.2) is 48.5 Å². The second-order valence-electron chi connectivity index (χ2n) is 6.72. The summed E-state index contributed by atoms with van der Waals surface area (Å²) in [6, 6.07) is 13.5. The first-order valence-corrected chi connectivity index (χ1v) is 11.2. The van der Waals surface area contributed by atoms with Gasteiger partial charge in [-0.2, -0.15) is 0 Å². The maximum Gasteiger partial charge on any atom is 0.268 e. The summed E-state index contributed by atoms with van der Waals surface area (Å²) >= 11 is 11.6. The van der Waals surface area contributed by atoms with Crippen molar-refractivity contribution in [2.45, 2.75) is 18.5 Å². The standard InChI is InChI=1S/C19H17Cl2N3O3S/c20-10-28(26,27)24-18-14-4-2-1-3-11(14)8-16(18)23-19(25)17-9-12-7-13(21)5-6-15(12)22-17/h1-7,9,16,18,22,24H,8,10H2,(H,23,25)/t16-,18+/m1/s1. The molecule has 2 atom stereocenters. The van der Waals surface area contributed by atoms with Crippen molar-refractivity contribution in [3.63, 3.8) is 0 Å². The van der Waals surface area contributed by atoms with Gasteiger partial charge in [-0.1, -0.05) is 35.9 Å². The highest BCUT2D eigenvalue weighted by Crippen LogP contribution is 2.32. The molecule has 0 spiro atoms. The number of hydrogen-bond acceptors (Lipinski definition) is 3. The fraction of sp³-hybridized carbons (Fsp3) is 0.211. The Morgan fingerprint density at radius 1 is 1.18 bits per heavy atom. The van der Waals surface area contributed by atoms with E-state index in [0.29, 0.717) is 17.1 Å². The van der Waals surface area contributed by atoms with E-state index >= 15 is 0 Å². The van der Waals surface area contributed by atoms with Crippen molar-refractivity contribution in [1.82, 2.24) is 15.0 Å². The monoisotopic (exact) mass is 437 g/mol. The number of hydrogen-bond donors (Lipinski definition) is 3. The van der Waals surface area contributed by atoms with Crippen LogP contribution in [0.25, 0.3) is 10.9 Å². The Bertz CT molecular complexity index is 1160. The molecule has 146 valence electrons. The number of rotatable bonds is 5. The van der Waals surface area contributed by atoms with E-state index in [9.17, 15) is 13.2 Å². The van der Waals surface area contributed by atoms with Gasteiger partial charge in [0.2, 0.25) is 10.0 Å². The quantitative estimate of drug-likeness (QED) is 0.534. The normalized spacial score (nSPS) is 18.9. The van der Waals surface area contributed by atoms with Crippen molar-refractivity contribution in [3.8, 4) is 0 Å². The van der Waals surface area contributed by atoms with Gasteiger partial charge in [0.05, 0.1) is 12.1 Å². The molecule has 0 fully saturated rings. The predicted molar refractivity (Wildman–Crippen MR) is 110 cm³/mol. The fourth-order valence-electron chi connectivity index (χ4n) is 3.57. The molecule has 0 saturated carbocycles. The van der Waals surface area contributed by atoms with Gasteiger partial charge in [-0.3, -0.25) is 4.79 Å². The summed E-state index contributed by atoms with van der Waals surface area (Å²) in [5.41, 5.74) is 3.00. The summed E-state index contributed by atoms with van der Waals surface area (Å²) in [6.45, 7) is 0. The molecule has 3 N–H and O–H groups in total. The molecule has 1 aromatic heterocycles. The number of fused-ring (bicyclic) bond motifs is 2. The fourth-order valence-corrected chi connectivity index (χ4v) is 4.68. The molecule has 2 aromatic carbocycles. The van der Waals surface area contributed by atoms with Crippen molar-refractivity contribution in [1.29, 1.82) is 0 Å². The molecule has 9 heteroatoms. The van der Waals surface area contributed by atoms with Gasteiger partial charge in [-0.05, 0) is 41.8 Å². The van der Waals surface area contributed by atoms with Crippen molar-refractivity contribution < 1.29 is 13.2 Å². The lowest BCUT2D eigenvalue weighted by molar-refractivity contribution is 0.0927. The smallest absolute Gasteiger partial charge is 0.268 e. The second kappa shape index (κ2) is 7.40. The number of nitrogens with one attached hydrogen (secondary N) is 3. The van der Waals surface area contributed by atoms with Gasteiger partial charge < -0.3 is 10.3 Å². The Labute approximate surface area is 172 Å². The molecule has 3 aromatic rings. The molecule has 0 unspecified atom stereocenters. The first-order chi connectivity index (χ1) is 13.4. The zero-order chi connectivity index (χ0) is 19.9. The molecular formula is C19H17Cl2N3O3S. The van der Waals surface area contributed by atoms with E-state index < -0.39 is 27.3 Å². The Kier molecular flexibility index (Phi) is 5.09. The third-order valence-electron chi connectivity index (χ3n) is 4.83. The number of amides is 1. The molecule has 1 aliphatic carbocycles. The average molecular weight is 438 g/mol. The molecule has 1 heterocycles. The molecule has 0 bridgehead atoms. The minimum atomic E-state index is -3.66. The Hall–Kier alpha value is -2.06. The van der Waals surface area contributed by atoms with Crippen LogP contribution in [-0.2, 0) is 16.4 Å². The zero-order valence-electron chi connectivity index (χ0n) is 14.6. The van der Waals surface area contributed by atoms with Gasteiger partial charge in [0.15, 0.2) is 0 Å². The molecule has 28 heavy (non-hydrogen) atoms. The van der Waals surface area contributed by atoms with Crippen LogP contribution in [0.5, 0.6) is 0 Å². The number of aromatic nitrogens is 1. The lowest BCUT2D eigenvalue weighted by Crippen LogP contribution is -2.44. The Morgan fingerprint density at radius 3 is 2.75 bits per heavy atom. The van der Waals surface area contributed by atoms with Crippen LogP contribution in [0.1, 0.15) is 27.7 Å². The molecule has 6 nitrogen and oxygen atoms in total. The van der Waals surface area contributed by atoms with Crippen LogP contribution in [0.3, 0.4) is 0 Å². The summed E-state index contributed by atoms with van der Waals surface area (Å²) in [7, 11) is -3.66. The van der Waals surface area contributed by atoms with Crippen molar-refractivity contribution >= 4 is 50.0 Å². The van der Waals surface area contributed by atoms with Crippen LogP contribution in [0, 0.1) is 0 Å². The van der Waals surface area contributed by atoms with Crippen LogP contribution in [0.2, 0.25) is 5.02 Å². The number of carbonyl (C=O) groups is 1. The number of carbonyl (C=O) groups excluding carboxylic acids is 1. The molecule has 0 radical (unpaired) electrons. The SMILES string of the molecule is O=C(N[C@@H]1Cc2ccccc2[C@@H]1NS(=O)(=O)CCl)c1cc2cc(Cl)ccc2[nH]1. The second-order valence-corrected chi connectivity index (χ2v) is 9.49. The van der Waals surface area contributed by atoms with Crippen molar-refractivity contribution in [2.75, 3.05) is 5.21 Å². The third-order valence-corrected chi connectivity index (χ3v) is 6.82. The minimum Gasteiger partial charge on any atom is -0.351 e. The first kappa shape index (κ1) is 19.3. The van der Waals surface area contributed by atoms with Gasteiger partial charge in [0, 0.05) is 15.9 Å². The highest BCUT2D eigenvalue weighted by molar-refractivity contribution is 7.90. The van der Waals surface area contributed by atoms with E-state index in [1.165, 1.54) is 0 Å².